The van der Waals surface area contributed by atoms with Gasteiger partial charge in [0.15, 0.2) is 0 Å². The fourth-order valence-corrected chi connectivity index (χ4v) is 6.75. The van der Waals surface area contributed by atoms with Crippen molar-refractivity contribution in [3.8, 4) is 50.6 Å². The lowest BCUT2D eigenvalue weighted by atomic mass is 9.87. The second-order valence-electron chi connectivity index (χ2n) is 11.6. The highest BCUT2D eigenvalue weighted by Gasteiger charge is 2.18. The summed E-state index contributed by atoms with van der Waals surface area (Å²) < 4.78 is 12.5. The molecule has 0 aliphatic carbocycles. The van der Waals surface area contributed by atoms with Crippen LogP contribution < -0.4 is 0 Å². The van der Waals surface area contributed by atoms with E-state index in [9.17, 15) is 5.26 Å². The van der Waals surface area contributed by atoms with Crippen LogP contribution in [0.15, 0.2) is 160 Å². The van der Waals surface area contributed by atoms with E-state index in [2.05, 4.69) is 84.9 Å². The van der Waals surface area contributed by atoms with Crippen molar-refractivity contribution in [2.24, 2.45) is 0 Å². The lowest BCUT2D eigenvalue weighted by Crippen LogP contribution is -1.91. The smallest absolute Gasteiger partial charge is 0.136 e. The number of furan rings is 2. The van der Waals surface area contributed by atoms with Gasteiger partial charge in [-0.2, -0.15) is 5.26 Å². The molecule has 0 fully saturated rings. The van der Waals surface area contributed by atoms with E-state index in [1.54, 1.807) is 0 Å². The van der Waals surface area contributed by atoms with Crippen molar-refractivity contribution < 1.29 is 8.83 Å². The van der Waals surface area contributed by atoms with Gasteiger partial charge in [0.25, 0.3) is 0 Å². The van der Waals surface area contributed by atoms with E-state index in [-0.39, 0.29) is 0 Å². The second-order valence-corrected chi connectivity index (χ2v) is 11.6. The number of para-hydroxylation sites is 2. The third-order valence-corrected chi connectivity index (χ3v) is 8.90. The van der Waals surface area contributed by atoms with Crippen molar-refractivity contribution in [1.29, 1.82) is 5.26 Å². The lowest BCUT2D eigenvalue weighted by Gasteiger charge is -2.16. The zero-order valence-corrected chi connectivity index (χ0v) is 24.7. The minimum Gasteiger partial charge on any atom is -0.456 e. The molecule has 7 aromatic carbocycles. The minimum atomic E-state index is 0.614. The van der Waals surface area contributed by atoms with Crippen LogP contribution in [-0.2, 0) is 0 Å². The van der Waals surface area contributed by atoms with E-state index >= 15 is 0 Å². The zero-order valence-electron chi connectivity index (χ0n) is 24.7. The van der Waals surface area contributed by atoms with Crippen LogP contribution in [0.2, 0.25) is 0 Å². The molecule has 0 unspecified atom stereocenters. The maximum Gasteiger partial charge on any atom is 0.136 e. The van der Waals surface area contributed by atoms with Gasteiger partial charge in [-0.3, -0.25) is 0 Å². The van der Waals surface area contributed by atoms with Gasteiger partial charge < -0.3 is 8.83 Å². The Kier molecular flexibility index (Phi) is 5.88. The summed E-state index contributed by atoms with van der Waals surface area (Å²) in [6.07, 6.45) is 0. The largest absolute Gasteiger partial charge is 0.456 e. The third kappa shape index (κ3) is 4.20. The zero-order chi connectivity index (χ0) is 30.6. The Morgan fingerprint density at radius 3 is 1.87 bits per heavy atom. The molecule has 3 heteroatoms. The molecule has 0 aliphatic heterocycles. The summed E-state index contributed by atoms with van der Waals surface area (Å²) in [5.74, 6) is 0. The molecule has 0 radical (unpaired) electrons. The molecular weight excluding hydrogens is 562 g/mol. The summed E-state index contributed by atoms with van der Waals surface area (Å²) in [5.41, 5.74) is 12.4. The third-order valence-electron chi connectivity index (χ3n) is 8.90. The van der Waals surface area contributed by atoms with Crippen molar-refractivity contribution >= 4 is 43.9 Å². The molecule has 0 atom stereocenters. The maximum atomic E-state index is 10.1. The average molecular weight is 588 g/mol. The first-order chi connectivity index (χ1) is 22.7. The van der Waals surface area contributed by atoms with E-state index < -0.39 is 0 Å². The highest BCUT2D eigenvalue weighted by molar-refractivity contribution is 6.14. The van der Waals surface area contributed by atoms with Crippen LogP contribution in [-0.4, -0.2) is 0 Å². The Bertz CT molecular complexity index is 2650. The van der Waals surface area contributed by atoms with E-state index in [0.717, 1.165) is 88.4 Å². The number of nitriles is 1. The predicted octanol–water partition coefficient (Wildman–Crippen LogP) is 12.0. The van der Waals surface area contributed by atoms with Crippen molar-refractivity contribution in [3.05, 3.63) is 157 Å². The molecule has 0 saturated carbocycles. The van der Waals surface area contributed by atoms with Crippen LogP contribution in [0, 0.1) is 11.3 Å². The van der Waals surface area contributed by atoms with Crippen LogP contribution in [0.5, 0.6) is 0 Å². The molecule has 0 N–H and O–H groups in total. The van der Waals surface area contributed by atoms with Crippen LogP contribution in [0.25, 0.3) is 88.4 Å². The van der Waals surface area contributed by atoms with Gasteiger partial charge >= 0.3 is 0 Å². The van der Waals surface area contributed by atoms with E-state index in [1.807, 2.05) is 72.8 Å². The first-order valence-electron chi connectivity index (χ1n) is 15.3. The number of hydrogen-bond acceptors (Lipinski definition) is 3. The summed E-state index contributed by atoms with van der Waals surface area (Å²) in [6.45, 7) is 0. The maximum absolute atomic E-state index is 10.1. The van der Waals surface area contributed by atoms with E-state index in [0.29, 0.717) is 5.56 Å². The van der Waals surface area contributed by atoms with Crippen LogP contribution in [0.1, 0.15) is 5.56 Å². The normalized spacial score (nSPS) is 11.5. The summed E-state index contributed by atoms with van der Waals surface area (Å²) in [4.78, 5) is 0. The molecule has 0 saturated heterocycles. The van der Waals surface area contributed by atoms with Crippen LogP contribution >= 0.6 is 0 Å². The molecule has 2 aromatic heterocycles. The molecule has 46 heavy (non-hydrogen) atoms. The number of rotatable bonds is 4. The van der Waals surface area contributed by atoms with Crippen molar-refractivity contribution in [3.63, 3.8) is 0 Å². The molecule has 0 spiro atoms. The van der Waals surface area contributed by atoms with Crippen molar-refractivity contribution in [2.45, 2.75) is 0 Å². The van der Waals surface area contributed by atoms with Crippen LogP contribution in [0.3, 0.4) is 0 Å². The van der Waals surface area contributed by atoms with Gasteiger partial charge in [0, 0.05) is 21.5 Å². The fraction of sp³-hybridized carbons (Fsp3) is 0. The topological polar surface area (TPSA) is 50.1 Å². The molecule has 0 aliphatic rings. The summed E-state index contributed by atoms with van der Waals surface area (Å²) in [5, 5.41) is 14.5. The highest BCUT2D eigenvalue weighted by Crippen LogP contribution is 2.43. The Hall–Kier alpha value is -6.37. The second kappa shape index (κ2) is 10.4. The number of fused-ring (bicyclic) bond motifs is 6. The Balaban J connectivity index is 1.31. The minimum absolute atomic E-state index is 0.614. The van der Waals surface area contributed by atoms with Crippen molar-refractivity contribution in [2.75, 3.05) is 0 Å². The van der Waals surface area contributed by atoms with Gasteiger partial charge in [-0.25, -0.2) is 0 Å². The molecule has 0 bridgehead atoms. The summed E-state index contributed by atoms with van der Waals surface area (Å²) in [7, 11) is 0. The molecule has 9 rings (SSSR count). The first-order valence-corrected chi connectivity index (χ1v) is 15.3. The molecule has 214 valence electrons. The number of benzene rings is 7. The average Bonchev–Trinajstić information content (AvgIpc) is 3.69. The van der Waals surface area contributed by atoms with E-state index in [4.69, 9.17) is 8.83 Å². The van der Waals surface area contributed by atoms with Gasteiger partial charge in [0.05, 0.1) is 11.6 Å². The molecule has 3 nitrogen and oxygen atoms in total. The monoisotopic (exact) mass is 587 g/mol. The molecule has 9 aromatic rings. The van der Waals surface area contributed by atoms with Gasteiger partial charge in [0.2, 0.25) is 0 Å². The van der Waals surface area contributed by atoms with Gasteiger partial charge in [0.1, 0.15) is 22.3 Å². The Morgan fingerprint density at radius 1 is 0.370 bits per heavy atom. The fourth-order valence-electron chi connectivity index (χ4n) is 6.75. The molecular formula is C43H25NO2. The predicted molar refractivity (Wildman–Crippen MR) is 187 cm³/mol. The van der Waals surface area contributed by atoms with Crippen molar-refractivity contribution in [1.82, 2.24) is 0 Å². The van der Waals surface area contributed by atoms with Gasteiger partial charge in [-0.1, -0.05) is 97.1 Å². The van der Waals surface area contributed by atoms with Gasteiger partial charge in [-0.05, 0) is 99.1 Å². The van der Waals surface area contributed by atoms with Crippen LogP contribution in [0.4, 0.5) is 0 Å². The summed E-state index contributed by atoms with van der Waals surface area (Å²) in [6, 6.07) is 54.4. The highest BCUT2D eigenvalue weighted by atomic mass is 16.3. The first kappa shape index (κ1) is 26.1. The molecule has 2 heterocycles. The van der Waals surface area contributed by atoms with E-state index in [1.165, 1.54) is 0 Å². The summed E-state index contributed by atoms with van der Waals surface area (Å²) >= 11 is 0. The quantitative estimate of drug-likeness (QED) is 0.206. The molecule has 0 amide bonds. The number of nitrogens with zero attached hydrogens (tertiary/aromatic N) is 1. The lowest BCUT2D eigenvalue weighted by molar-refractivity contribution is 0.668. The Labute approximate surface area is 265 Å². The standard InChI is InChI=1S/C43H25NO2/c44-26-27-21-31(28-9-2-1-3-10-28)23-32(22-27)38-24-29(30-18-20-35-34-11-4-6-14-39(34)46-42(35)25-30)17-19-33(38)36-13-8-16-41-43(36)37-12-5-7-15-40(37)45-41/h1-25H. The van der Waals surface area contributed by atoms with Gasteiger partial charge in [-0.15, -0.1) is 0 Å². The number of hydrogen-bond donors (Lipinski definition) is 0. The SMILES string of the molecule is N#Cc1cc(-c2ccccc2)cc(-c2cc(-c3ccc4c(c3)oc3ccccc34)ccc2-c2cccc3oc4ccccc4c23)c1. The Morgan fingerprint density at radius 2 is 1.02 bits per heavy atom.